The number of hydrogen-bond acceptors (Lipinski definition) is 4. The quantitative estimate of drug-likeness (QED) is 0.936. The molecule has 0 aliphatic carbocycles. The van der Waals surface area contributed by atoms with Crippen LogP contribution in [-0.2, 0) is 12.7 Å². The number of anilines is 1. The maximum absolute atomic E-state index is 13.0. The first kappa shape index (κ1) is 14.1. The predicted octanol–water partition coefficient (Wildman–Crippen LogP) is 3.12. The van der Waals surface area contributed by atoms with Crippen LogP contribution in [0.15, 0.2) is 36.8 Å². The maximum atomic E-state index is 13.0. The highest BCUT2D eigenvalue weighted by atomic mass is 19.4. The average molecular weight is 283 g/mol. The summed E-state index contributed by atoms with van der Waals surface area (Å²) >= 11 is 0. The molecule has 0 unspecified atom stereocenters. The second kappa shape index (κ2) is 5.77. The molecule has 0 aliphatic rings. The minimum absolute atomic E-state index is 0.0241. The van der Waals surface area contributed by atoms with Gasteiger partial charge in [-0.1, -0.05) is 0 Å². The lowest BCUT2D eigenvalue weighted by Gasteiger charge is -2.15. The average Bonchev–Trinajstić information content (AvgIpc) is 2.45. The Bertz CT molecular complexity index is 573. The third kappa shape index (κ3) is 3.37. The fourth-order valence-corrected chi connectivity index (χ4v) is 1.65. The smallest absolute Gasteiger partial charge is 0.418 e. The lowest BCUT2D eigenvalue weighted by molar-refractivity contribution is -0.137. The number of halogens is 3. The van der Waals surface area contributed by atoms with Gasteiger partial charge in [0.2, 0.25) is 0 Å². The standard InChI is InChI=1S/C13H12F3N3O/c1-20-10-2-3-12(11(6-10)13(14,15)16)19-8-9-7-17-4-5-18-9/h2-7,19H,8H2,1H3. The molecule has 0 saturated heterocycles. The summed E-state index contributed by atoms with van der Waals surface area (Å²) in [5, 5.41) is 2.71. The van der Waals surface area contributed by atoms with Crippen LogP contribution >= 0.6 is 0 Å². The Balaban J connectivity index is 2.23. The number of ether oxygens (including phenoxy) is 1. The highest BCUT2D eigenvalue weighted by molar-refractivity contribution is 5.55. The van der Waals surface area contributed by atoms with Gasteiger partial charge in [-0.25, -0.2) is 0 Å². The highest BCUT2D eigenvalue weighted by Gasteiger charge is 2.34. The van der Waals surface area contributed by atoms with E-state index in [1.165, 1.54) is 37.8 Å². The molecule has 2 rings (SSSR count). The summed E-state index contributed by atoms with van der Waals surface area (Å²) in [6.45, 7) is 0.156. The largest absolute Gasteiger partial charge is 0.497 e. The second-order valence-corrected chi connectivity index (χ2v) is 3.96. The van der Waals surface area contributed by atoms with Crippen LogP contribution in [0.5, 0.6) is 5.75 Å². The summed E-state index contributed by atoms with van der Waals surface area (Å²) in [5.41, 5.74) is -0.249. The summed E-state index contributed by atoms with van der Waals surface area (Å²) < 4.78 is 43.7. The van der Waals surface area contributed by atoms with Crippen LogP contribution in [-0.4, -0.2) is 17.1 Å². The minimum atomic E-state index is -4.46. The molecule has 1 aromatic carbocycles. The molecule has 0 atom stereocenters. The van der Waals surface area contributed by atoms with Gasteiger partial charge in [-0.3, -0.25) is 9.97 Å². The third-order valence-corrected chi connectivity index (χ3v) is 2.61. The fraction of sp³-hybridized carbons (Fsp3) is 0.231. The Morgan fingerprint density at radius 2 is 2.05 bits per heavy atom. The monoisotopic (exact) mass is 283 g/mol. The van der Waals surface area contributed by atoms with Gasteiger partial charge in [-0.2, -0.15) is 13.2 Å². The van der Waals surface area contributed by atoms with E-state index in [1.807, 2.05) is 0 Å². The third-order valence-electron chi connectivity index (χ3n) is 2.61. The van der Waals surface area contributed by atoms with Gasteiger partial charge in [0.1, 0.15) is 5.75 Å². The molecule has 1 heterocycles. The lowest BCUT2D eigenvalue weighted by atomic mass is 10.1. The summed E-state index contributed by atoms with van der Waals surface area (Å²) in [6.07, 6.45) is 0.0107. The molecule has 0 fully saturated rings. The van der Waals surface area contributed by atoms with E-state index >= 15 is 0 Å². The van der Waals surface area contributed by atoms with Crippen LogP contribution in [0.3, 0.4) is 0 Å². The Hall–Kier alpha value is -2.31. The number of rotatable bonds is 4. The predicted molar refractivity (Wildman–Crippen MR) is 67.4 cm³/mol. The van der Waals surface area contributed by atoms with E-state index in [0.29, 0.717) is 5.69 Å². The van der Waals surface area contributed by atoms with Gasteiger partial charge in [0.15, 0.2) is 0 Å². The van der Waals surface area contributed by atoms with E-state index in [2.05, 4.69) is 15.3 Å². The number of alkyl halides is 3. The first-order chi connectivity index (χ1) is 9.50. The van der Waals surface area contributed by atoms with Gasteiger partial charge < -0.3 is 10.1 Å². The van der Waals surface area contributed by atoms with Crippen LogP contribution in [0.25, 0.3) is 0 Å². The summed E-state index contributed by atoms with van der Waals surface area (Å²) in [5.74, 6) is 0.155. The molecular weight excluding hydrogens is 271 g/mol. The highest BCUT2D eigenvalue weighted by Crippen LogP contribution is 2.37. The molecule has 20 heavy (non-hydrogen) atoms. The first-order valence-electron chi connectivity index (χ1n) is 5.74. The van der Waals surface area contributed by atoms with Crippen molar-refractivity contribution in [3.63, 3.8) is 0 Å². The van der Waals surface area contributed by atoms with E-state index < -0.39 is 11.7 Å². The molecule has 106 valence electrons. The van der Waals surface area contributed by atoms with Gasteiger partial charge >= 0.3 is 6.18 Å². The lowest BCUT2D eigenvalue weighted by Crippen LogP contribution is -2.11. The van der Waals surface area contributed by atoms with Crippen molar-refractivity contribution in [2.24, 2.45) is 0 Å². The number of methoxy groups -OCH3 is 1. The number of aromatic nitrogens is 2. The van der Waals surface area contributed by atoms with E-state index in [1.54, 1.807) is 0 Å². The Morgan fingerprint density at radius 3 is 2.65 bits per heavy atom. The first-order valence-corrected chi connectivity index (χ1v) is 5.74. The number of benzene rings is 1. The maximum Gasteiger partial charge on any atom is 0.418 e. The van der Waals surface area contributed by atoms with Crippen LogP contribution in [0.2, 0.25) is 0 Å². The van der Waals surface area contributed by atoms with E-state index in [9.17, 15) is 13.2 Å². The summed E-state index contributed by atoms with van der Waals surface area (Å²) in [7, 11) is 1.32. The zero-order valence-corrected chi connectivity index (χ0v) is 10.6. The molecule has 4 nitrogen and oxygen atoms in total. The molecule has 1 aromatic heterocycles. The number of hydrogen-bond donors (Lipinski definition) is 1. The SMILES string of the molecule is COc1ccc(NCc2cnccn2)c(C(F)(F)F)c1. The summed E-state index contributed by atoms with van der Waals surface area (Å²) in [6, 6.07) is 3.76. The van der Waals surface area contributed by atoms with Gasteiger partial charge in [-0.05, 0) is 18.2 Å². The molecule has 0 saturated carbocycles. The van der Waals surface area contributed by atoms with Crippen molar-refractivity contribution < 1.29 is 17.9 Å². The zero-order valence-electron chi connectivity index (χ0n) is 10.6. The minimum Gasteiger partial charge on any atom is -0.497 e. The van der Waals surface area contributed by atoms with Gasteiger partial charge in [0.05, 0.1) is 31.1 Å². The molecule has 0 spiro atoms. The Morgan fingerprint density at radius 1 is 1.25 bits per heavy atom. The van der Waals surface area contributed by atoms with Crippen LogP contribution in [0, 0.1) is 0 Å². The molecule has 0 amide bonds. The van der Waals surface area contributed by atoms with E-state index in [0.717, 1.165) is 6.07 Å². The van der Waals surface area contributed by atoms with Gasteiger partial charge in [-0.15, -0.1) is 0 Å². The Kier molecular flexibility index (Phi) is 4.07. The van der Waals surface area contributed by atoms with Crippen molar-refractivity contribution in [3.05, 3.63) is 48.0 Å². The summed E-state index contributed by atoms with van der Waals surface area (Å²) in [4.78, 5) is 7.84. The number of nitrogens with zero attached hydrogens (tertiary/aromatic N) is 2. The molecule has 0 aliphatic heterocycles. The van der Waals surface area contributed by atoms with Crippen molar-refractivity contribution in [1.82, 2.24) is 9.97 Å². The van der Waals surface area contributed by atoms with Crippen LogP contribution in [0.4, 0.5) is 18.9 Å². The van der Waals surface area contributed by atoms with Gasteiger partial charge in [0.25, 0.3) is 0 Å². The van der Waals surface area contributed by atoms with Crippen molar-refractivity contribution in [2.45, 2.75) is 12.7 Å². The Labute approximate surface area is 113 Å². The fourth-order valence-electron chi connectivity index (χ4n) is 1.65. The van der Waals surface area contributed by atoms with E-state index in [-0.39, 0.29) is 18.0 Å². The topological polar surface area (TPSA) is 47.0 Å². The molecule has 1 N–H and O–H groups in total. The van der Waals surface area contributed by atoms with Crippen molar-refractivity contribution in [3.8, 4) is 5.75 Å². The van der Waals surface area contributed by atoms with Crippen molar-refractivity contribution in [2.75, 3.05) is 12.4 Å². The normalized spacial score (nSPS) is 11.2. The molecule has 0 radical (unpaired) electrons. The van der Waals surface area contributed by atoms with Crippen molar-refractivity contribution in [1.29, 1.82) is 0 Å². The number of nitrogens with one attached hydrogen (secondary N) is 1. The molecule has 2 aromatic rings. The second-order valence-electron chi connectivity index (χ2n) is 3.96. The molecular formula is C13H12F3N3O. The van der Waals surface area contributed by atoms with E-state index in [4.69, 9.17) is 4.74 Å². The molecule has 0 bridgehead atoms. The van der Waals surface area contributed by atoms with Crippen LogP contribution < -0.4 is 10.1 Å². The molecule has 7 heteroatoms. The van der Waals surface area contributed by atoms with Gasteiger partial charge in [0, 0.05) is 18.1 Å². The zero-order chi connectivity index (χ0) is 14.6. The van der Waals surface area contributed by atoms with Crippen LogP contribution in [0.1, 0.15) is 11.3 Å². The van der Waals surface area contributed by atoms with Crippen molar-refractivity contribution >= 4 is 5.69 Å².